The Hall–Kier alpha value is -2.15. The third-order valence-corrected chi connectivity index (χ3v) is 3.76. The predicted octanol–water partition coefficient (Wildman–Crippen LogP) is 3.96. The molecule has 0 aliphatic heterocycles. The van der Waals surface area contributed by atoms with Gasteiger partial charge in [0.15, 0.2) is 0 Å². The fourth-order valence-corrected chi connectivity index (χ4v) is 2.73. The van der Waals surface area contributed by atoms with E-state index in [2.05, 4.69) is 9.97 Å². The van der Waals surface area contributed by atoms with Crippen molar-refractivity contribution in [1.82, 2.24) is 9.97 Å². The van der Waals surface area contributed by atoms with Crippen LogP contribution in [0.2, 0.25) is 0 Å². The summed E-state index contributed by atoms with van der Waals surface area (Å²) in [7, 11) is 0. The highest BCUT2D eigenvalue weighted by Gasteiger charge is 2.30. The van der Waals surface area contributed by atoms with Gasteiger partial charge in [-0.05, 0) is 30.3 Å². The summed E-state index contributed by atoms with van der Waals surface area (Å²) in [6, 6.07) is 7.61. The predicted molar refractivity (Wildman–Crippen MR) is 72.3 cm³/mol. The van der Waals surface area contributed by atoms with Gasteiger partial charge in [-0.1, -0.05) is 0 Å². The Morgan fingerprint density at radius 3 is 2.55 bits per heavy atom. The molecule has 3 aromatic rings. The summed E-state index contributed by atoms with van der Waals surface area (Å²) < 4.78 is 38.3. The number of nitrogen functional groups attached to an aromatic ring is 1. The smallest absolute Gasteiger partial charge is 0.399 e. The lowest BCUT2D eigenvalue weighted by Gasteiger charge is -2.05. The van der Waals surface area contributed by atoms with Gasteiger partial charge >= 0.3 is 6.18 Å². The number of hydrogen-bond acceptors (Lipinski definition) is 4. The number of pyridine rings is 1. The van der Waals surface area contributed by atoms with Crippen LogP contribution in [0.25, 0.3) is 20.9 Å². The molecular formula is C13H8F3N3S. The molecule has 0 aliphatic carbocycles. The largest absolute Gasteiger partial charge is 0.417 e. The van der Waals surface area contributed by atoms with E-state index in [-0.39, 0.29) is 0 Å². The molecule has 0 atom stereocenters. The molecule has 2 N–H and O–H groups in total. The lowest BCUT2D eigenvalue weighted by molar-refractivity contribution is -0.137. The molecule has 0 saturated carbocycles. The van der Waals surface area contributed by atoms with Crippen LogP contribution in [-0.4, -0.2) is 9.97 Å². The summed E-state index contributed by atoms with van der Waals surface area (Å²) in [5.74, 6) is 0. The van der Waals surface area contributed by atoms with E-state index in [9.17, 15) is 13.2 Å². The third kappa shape index (κ3) is 2.32. The number of alkyl halides is 3. The molecule has 0 bridgehead atoms. The maximum absolute atomic E-state index is 12.5. The fourth-order valence-electron chi connectivity index (χ4n) is 1.74. The second-order valence-corrected chi connectivity index (χ2v) is 5.21. The van der Waals surface area contributed by atoms with Crippen LogP contribution in [0.1, 0.15) is 5.56 Å². The summed E-state index contributed by atoms with van der Waals surface area (Å²) in [6.07, 6.45) is -3.57. The first-order chi connectivity index (χ1) is 9.43. The van der Waals surface area contributed by atoms with Gasteiger partial charge in [0, 0.05) is 11.9 Å². The molecule has 1 aromatic carbocycles. The summed E-state index contributed by atoms with van der Waals surface area (Å²) >= 11 is 1.34. The first kappa shape index (κ1) is 12.9. The van der Waals surface area contributed by atoms with Crippen molar-refractivity contribution in [1.29, 1.82) is 0 Å². The molecule has 0 aliphatic rings. The minimum absolute atomic E-state index is 0.415. The average molecular weight is 295 g/mol. The molecule has 3 rings (SSSR count). The van der Waals surface area contributed by atoms with Crippen LogP contribution in [0.4, 0.5) is 18.9 Å². The molecule has 0 radical (unpaired) electrons. The summed E-state index contributed by atoms with van der Waals surface area (Å²) in [4.78, 5) is 8.16. The second kappa shape index (κ2) is 4.45. The van der Waals surface area contributed by atoms with Crippen LogP contribution in [-0.2, 0) is 6.18 Å². The highest BCUT2D eigenvalue weighted by molar-refractivity contribution is 7.21. The van der Waals surface area contributed by atoms with Gasteiger partial charge in [-0.15, -0.1) is 11.3 Å². The quantitative estimate of drug-likeness (QED) is 0.691. The van der Waals surface area contributed by atoms with E-state index < -0.39 is 11.7 Å². The maximum Gasteiger partial charge on any atom is 0.417 e. The molecule has 102 valence electrons. The fraction of sp³-hybridized carbons (Fsp3) is 0.0769. The minimum atomic E-state index is -4.38. The van der Waals surface area contributed by atoms with Crippen LogP contribution in [0.3, 0.4) is 0 Å². The maximum atomic E-state index is 12.5. The van der Waals surface area contributed by atoms with Crippen LogP contribution >= 0.6 is 11.3 Å². The molecular weight excluding hydrogens is 287 g/mol. The van der Waals surface area contributed by atoms with Crippen molar-refractivity contribution in [2.24, 2.45) is 0 Å². The van der Waals surface area contributed by atoms with E-state index in [1.807, 2.05) is 0 Å². The van der Waals surface area contributed by atoms with Crippen LogP contribution in [0, 0.1) is 0 Å². The number of hydrogen-bond donors (Lipinski definition) is 1. The van der Waals surface area contributed by atoms with Gasteiger partial charge in [-0.25, -0.2) is 4.98 Å². The number of halogens is 3. The van der Waals surface area contributed by atoms with E-state index in [1.54, 1.807) is 18.2 Å². The molecule has 2 heterocycles. The molecule has 0 saturated heterocycles. The van der Waals surface area contributed by atoms with Crippen molar-refractivity contribution >= 4 is 27.2 Å². The number of anilines is 1. The molecule has 20 heavy (non-hydrogen) atoms. The molecule has 0 unspecified atom stereocenters. The summed E-state index contributed by atoms with van der Waals surface area (Å²) in [6.45, 7) is 0. The van der Waals surface area contributed by atoms with Gasteiger partial charge in [-0.3, -0.25) is 4.98 Å². The average Bonchev–Trinajstić information content (AvgIpc) is 2.80. The zero-order chi connectivity index (χ0) is 14.3. The Labute approximate surface area is 115 Å². The highest BCUT2D eigenvalue weighted by Crippen LogP contribution is 2.32. The van der Waals surface area contributed by atoms with Crippen LogP contribution in [0.5, 0.6) is 0 Å². The van der Waals surface area contributed by atoms with E-state index in [4.69, 9.17) is 5.73 Å². The number of thiazole rings is 1. The van der Waals surface area contributed by atoms with Crippen LogP contribution < -0.4 is 5.73 Å². The van der Waals surface area contributed by atoms with Crippen molar-refractivity contribution in [2.75, 3.05) is 5.73 Å². The Kier molecular flexibility index (Phi) is 2.86. The Balaban J connectivity index is 2.02. The molecule has 0 spiro atoms. The molecule has 2 aromatic heterocycles. The summed E-state index contributed by atoms with van der Waals surface area (Å²) in [5, 5.41) is 0.569. The minimum Gasteiger partial charge on any atom is -0.399 e. The monoisotopic (exact) mass is 295 g/mol. The number of nitrogens with zero attached hydrogens (tertiary/aromatic N) is 2. The number of rotatable bonds is 1. The van der Waals surface area contributed by atoms with E-state index >= 15 is 0 Å². The Morgan fingerprint density at radius 2 is 1.90 bits per heavy atom. The first-order valence-corrected chi connectivity index (χ1v) is 6.45. The zero-order valence-electron chi connectivity index (χ0n) is 9.98. The van der Waals surface area contributed by atoms with Gasteiger partial charge in [0.2, 0.25) is 0 Å². The first-order valence-electron chi connectivity index (χ1n) is 5.63. The lowest BCUT2D eigenvalue weighted by Crippen LogP contribution is -2.05. The second-order valence-electron chi connectivity index (χ2n) is 4.18. The normalized spacial score (nSPS) is 11.9. The zero-order valence-corrected chi connectivity index (χ0v) is 10.8. The topological polar surface area (TPSA) is 51.8 Å². The molecule has 0 fully saturated rings. The van der Waals surface area contributed by atoms with Gasteiger partial charge in [0.1, 0.15) is 5.01 Å². The lowest BCUT2D eigenvalue weighted by atomic mass is 10.2. The highest BCUT2D eigenvalue weighted by atomic mass is 32.1. The van der Waals surface area contributed by atoms with Gasteiger partial charge < -0.3 is 5.73 Å². The van der Waals surface area contributed by atoms with E-state index in [0.29, 0.717) is 16.4 Å². The standard InChI is InChI=1S/C13H8F3N3S/c14-13(15,16)7-1-3-10(18-6-7)12-19-9-4-2-8(17)5-11(9)20-12/h1-6H,17H2. The summed E-state index contributed by atoms with van der Waals surface area (Å²) in [5.41, 5.74) is 6.69. The van der Waals surface area contributed by atoms with Crippen molar-refractivity contribution < 1.29 is 13.2 Å². The van der Waals surface area contributed by atoms with Gasteiger partial charge in [0.25, 0.3) is 0 Å². The van der Waals surface area contributed by atoms with Gasteiger partial charge in [0.05, 0.1) is 21.5 Å². The van der Waals surface area contributed by atoms with Crippen molar-refractivity contribution in [3.8, 4) is 10.7 Å². The number of aromatic nitrogens is 2. The number of fused-ring (bicyclic) bond motifs is 1. The van der Waals surface area contributed by atoms with Gasteiger partial charge in [-0.2, -0.15) is 13.2 Å². The van der Waals surface area contributed by atoms with Crippen molar-refractivity contribution in [2.45, 2.75) is 6.18 Å². The van der Waals surface area contributed by atoms with E-state index in [1.165, 1.54) is 17.4 Å². The Morgan fingerprint density at radius 1 is 1.10 bits per heavy atom. The molecule has 0 amide bonds. The SMILES string of the molecule is Nc1ccc2nc(-c3ccc(C(F)(F)F)cn3)sc2c1. The van der Waals surface area contributed by atoms with Crippen LogP contribution in [0.15, 0.2) is 36.5 Å². The van der Waals surface area contributed by atoms with Crippen molar-refractivity contribution in [3.05, 3.63) is 42.1 Å². The van der Waals surface area contributed by atoms with E-state index in [0.717, 1.165) is 22.5 Å². The number of nitrogens with two attached hydrogens (primary N) is 1. The number of benzene rings is 1. The third-order valence-electron chi connectivity index (χ3n) is 2.72. The van der Waals surface area contributed by atoms with Crippen molar-refractivity contribution in [3.63, 3.8) is 0 Å². The molecule has 3 nitrogen and oxygen atoms in total. The Bertz CT molecular complexity index is 763. The molecule has 7 heteroatoms.